The van der Waals surface area contributed by atoms with Gasteiger partial charge in [-0.3, -0.25) is 13.9 Å². The molecule has 0 radical (unpaired) electrons. The van der Waals surface area contributed by atoms with E-state index in [9.17, 15) is 18.0 Å². The fourth-order valence-corrected chi connectivity index (χ4v) is 3.06. The minimum Gasteiger partial charge on any atom is -0.444 e. The van der Waals surface area contributed by atoms with Gasteiger partial charge in [0.15, 0.2) is 0 Å². The lowest BCUT2D eigenvalue weighted by molar-refractivity contribution is -0.0756. The fraction of sp³-hybridized carbons (Fsp3) is 0.500. The average Bonchev–Trinajstić information content (AvgIpc) is 3.20. The van der Waals surface area contributed by atoms with E-state index in [2.05, 4.69) is 15.5 Å². The topological polar surface area (TPSA) is 144 Å². The van der Waals surface area contributed by atoms with Crippen LogP contribution in [-0.4, -0.2) is 68.7 Å². The van der Waals surface area contributed by atoms with E-state index in [0.717, 1.165) is 15.6 Å². The number of sulfonamides is 1. The highest BCUT2D eigenvalue weighted by Gasteiger charge is 2.23. The number of hydrogen-bond acceptors (Lipinski definition) is 9. The molecule has 0 spiro atoms. The Morgan fingerprint density at radius 3 is 2.33 bits per heavy atom. The third kappa shape index (κ3) is 6.89. The highest BCUT2D eigenvalue weighted by Crippen LogP contribution is 2.28. The number of aromatic nitrogens is 2. The molecule has 2 amide bonds. The third-order valence-corrected chi connectivity index (χ3v) is 5.58. The zero-order valence-electron chi connectivity index (χ0n) is 19.9. The number of benzene rings is 1. The molecule has 1 aromatic heterocycles. The van der Waals surface area contributed by atoms with Gasteiger partial charge >= 0.3 is 6.09 Å². The Morgan fingerprint density at radius 2 is 1.79 bits per heavy atom. The van der Waals surface area contributed by atoms with Crippen molar-refractivity contribution in [1.82, 2.24) is 20.6 Å². The van der Waals surface area contributed by atoms with E-state index in [4.69, 9.17) is 14.0 Å². The summed E-state index contributed by atoms with van der Waals surface area (Å²) in [7, 11) is 0.494. The molecule has 1 heterocycles. The molecule has 0 fully saturated rings. The summed E-state index contributed by atoms with van der Waals surface area (Å²) in [6.45, 7) is 6.85. The molecule has 2 rings (SSSR count). The maximum atomic E-state index is 12.6. The quantitative estimate of drug-likeness (QED) is 0.587. The summed E-state index contributed by atoms with van der Waals surface area (Å²) in [5.74, 6) is -0.387. The number of alkyl carbamates (subject to hydrolysis) is 1. The number of rotatable bonds is 7. The molecule has 0 saturated carbocycles. The average molecular weight is 484 g/mol. The van der Waals surface area contributed by atoms with Crippen molar-refractivity contribution in [2.24, 2.45) is 0 Å². The van der Waals surface area contributed by atoms with Gasteiger partial charge in [0.2, 0.25) is 21.8 Å². The third-order valence-electron chi connectivity index (χ3n) is 4.38. The van der Waals surface area contributed by atoms with Crippen LogP contribution in [0.4, 0.5) is 10.5 Å². The van der Waals surface area contributed by atoms with Crippen LogP contribution in [0.3, 0.4) is 0 Å². The highest BCUT2D eigenvalue weighted by molar-refractivity contribution is 7.92. The summed E-state index contributed by atoms with van der Waals surface area (Å²) in [4.78, 5) is 29.6. The lowest BCUT2D eigenvalue weighted by atomic mass is 10.1. The number of hydroxylamine groups is 2. The SMILES string of the molecule is CON(C)C(=O)c1cc(-c2nnc(C(C)NC(=O)OC(C)(C)C)o2)cc(N(C)S(C)(=O)=O)c1. The van der Waals surface area contributed by atoms with Gasteiger partial charge in [-0.2, -0.15) is 0 Å². The van der Waals surface area contributed by atoms with Gasteiger partial charge in [-0.1, -0.05) is 0 Å². The van der Waals surface area contributed by atoms with E-state index < -0.39 is 33.7 Å². The van der Waals surface area contributed by atoms with Crippen LogP contribution in [0.2, 0.25) is 0 Å². The molecule has 0 saturated heterocycles. The van der Waals surface area contributed by atoms with Crippen molar-refractivity contribution in [2.75, 3.05) is 31.8 Å². The molecule has 1 unspecified atom stereocenters. The van der Waals surface area contributed by atoms with Gasteiger partial charge in [0.25, 0.3) is 5.91 Å². The standard InChI is InChI=1S/C20H29N5O7S/c1-12(21-19(27)32-20(2,3)4)16-22-23-17(31-16)13-9-14(18(26)24(5)30-7)11-15(10-13)25(6)33(8,28)29/h9-12H,1-8H3,(H,21,27). The molecular weight excluding hydrogens is 454 g/mol. The number of hydrogen-bond donors (Lipinski definition) is 1. The fourth-order valence-electron chi connectivity index (χ4n) is 2.57. The second kappa shape index (κ2) is 9.75. The van der Waals surface area contributed by atoms with E-state index in [0.29, 0.717) is 5.56 Å². The Bertz CT molecular complexity index is 1120. The highest BCUT2D eigenvalue weighted by atomic mass is 32.2. The first-order valence-corrected chi connectivity index (χ1v) is 11.7. The minimum absolute atomic E-state index is 0.0284. The number of anilines is 1. The summed E-state index contributed by atoms with van der Waals surface area (Å²) in [6, 6.07) is 3.71. The van der Waals surface area contributed by atoms with Crippen LogP contribution in [0.1, 0.15) is 50.0 Å². The Labute approximate surface area is 192 Å². The normalized spacial score (nSPS) is 12.7. The van der Waals surface area contributed by atoms with E-state index >= 15 is 0 Å². The van der Waals surface area contributed by atoms with Crippen molar-refractivity contribution >= 4 is 27.7 Å². The number of carbonyl (C=O) groups excluding carboxylic acids is 2. The van der Waals surface area contributed by atoms with Gasteiger partial charge in [-0.05, 0) is 45.9 Å². The van der Waals surface area contributed by atoms with Crippen LogP contribution in [0.15, 0.2) is 22.6 Å². The van der Waals surface area contributed by atoms with E-state index in [1.165, 1.54) is 39.4 Å². The molecule has 13 heteroatoms. The van der Waals surface area contributed by atoms with Gasteiger partial charge in [0.05, 0.1) is 19.1 Å². The minimum atomic E-state index is -3.61. The molecule has 1 N–H and O–H groups in total. The summed E-state index contributed by atoms with van der Waals surface area (Å²) >= 11 is 0. The Hall–Kier alpha value is -3.19. The first-order chi connectivity index (χ1) is 15.1. The zero-order chi connectivity index (χ0) is 25.1. The van der Waals surface area contributed by atoms with Gasteiger partial charge < -0.3 is 14.5 Å². The molecule has 1 atom stereocenters. The van der Waals surface area contributed by atoms with Gasteiger partial charge in [-0.15, -0.1) is 10.2 Å². The van der Waals surface area contributed by atoms with Crippen molar-refractivity contribution in [1.29, 1.82) is 0 Å². The predicted octanol–water partition coefficient (Wildman–Crippen LogP) is 2.35. The second-order valence-electron chi connectivity index (χ2n) is 8.30. The molecular formula is C20H29N5O7S. The molecule has 182 valence electrons. The summed E-state index contributed by atoms with van der Waals surface area (Å²) in [5.41, 5.74) is -0.0163. The van der Waals surface area contributed by atoms with Crippen LogP contribution in [0, 0.1) is 0 Å². The Kier molecular flexibility index (Phi) is 7.70. The first-order valence-electron chi connectivity index (χ1n) is 9.87. The molecule has 12 nitrogen and oxygen atoms in total. The lowest BCUT2D eigenvalue weighted by Crippen LogP contribution is -2.34. The lowest BCUT2D eigenvalue weighted by Gasteiger charge is -2.20. The molecule has 0 aliphatic heterocycles. The monoisotopic (exact) mass is 483 g/mol. The summed E-state index contributed by atoms with van der Waals surface area (Å²) in [6.07, 6.45) is 0.388. The van der Waals surface area contributed by atoms with Crippen molar-refractivity contribution in [3.8, 4) is 11.5 Å². The zero-order valence-corrected chi connectivity index (χ0v) is 20.7. The van der Waals surface area contributed by atoms with Crippen LogP contribution in [-0.2, 0) is 19.6 Å². The molecule has 2 aromatic rings. The maximum Gasteiger partial charge on any atom is 0.408 e. The number of carbonyl (C=O) groups is 2. The van der Waals surface area contributed by atoms with Crippen molar-refractivity contribution in [3.63, 3.8) is 0 Å². The Morgan fingerprint density at radius 1 is 1.15 bits per heavy atom. The smallest absolute Gasteiger partial charge is 0.408 e. The van der Waals surface area contributed by atoms with E-state index in [1.54, 1.807) is 27.7 Å². The maximum absolute atomic E-state index is 12.6. The predicted molar refractivity (Wildman–Crippen MR) is 120 cm³/mol. The Balaban J connectivity index is 2.42. The molecule has 0 aliphatic rings. The van der Waals surface area contributed by atoms with Crippen LogP contribution in [0.5, 0.6) is 0 Å². The largest absolute Gasteiger partial charge is 0.444 e. The summed E-state index contributed by atoms with van der Waals surface area (Å²) in [5, 5.41) is 11.5. The first kappa shape index (κ1) is 26.1. The summed E-state index contributed by atoms with van der Waals surface area (Å²) < 4.78 is 36.0. The van der Waals surface area contributed by atoms with E-state index in [-0.39, 0.29) is 23.0 Å². The molecule has 1 aromatic carbocycles. The van der Waals surface area contributed by atoms with Gasteiger partial charge in [0, 0.05) is 25.2 Å². The molecule has 0 aliphatic carbocycles. The number of nitrogens with zero attached hydrogens (tertiary/aromatic N) is 4. The molecule has 33 heavy (non-hydrogen) atoms. The van der Waals surface area contributed by atoms with Crippen molar-refractivity contribution < 1.29 is 32.0 Å². The number of ether oxygens (including phenoxy) is 1. The van der Waals surface area contributed by atoms with Gasteiger partial charge in [-0.25, -0.2) is 18.3 Å². The van der Waals surface area contributed by atoms with Gasteiger partial charge in [0.1, 0.15) is 11.6 Å². The molecule has 0 bridgehead atoms. The van der Waals surface area contributed by atoms with Crippen molar-refractivity contribution in [2.45, 2.75) is 39.3 Å². The van der Waals surface area contributed by atoms with Crippen LogP contribution >= 0.6 is 0 Å². The number of amides is 2. The van der Waals surface area contributed by atoms with Crippen LogP contribution < -0.4 is 9.62 Å². The van der Waals surface area contributed by atoms with Crippen LogP contribution in [0.25, 0.3) is 11.5 Å². The number of nitrogens with one attached hydrogen (secondary N) is 1. The second-order valence-corrected chi connectivity index (χ2v) is 10.3. The van der Waals surface area contributed by atoms with E-state index in [1.807, 2.05) is 0 Å². The van der Waals surface area contributed by atoms with Crippen molar-refractivity contribution in [3.05, 3.63) is 29.7 Å².